The molecule has 0 saturated heterocycles. The van der Waals surface area contributed by atoms with E-state index in [1.807, 2.05) is 18.2 Å². The molecule has 1 saturated carbocycles. The molecule has 1 aliphatic carbocycles. The van der Waals surface area contributed by atoms with Crippen molar-refractivity contribution in [2.24, 2.45) is 11.7 Å². The third-order valence-corrected chi connectivity index (χ3v) is 4.31. The van der Waals surface area contributed by atoms with Gasteiger partial charge in [0.25, 0.3) is 5.91 Å². The number of nitrogens with one attached hydrogen (secondary N) is 1. The molecular weight excluding hydrogens is 312 g/mol. The molecular formula is C13H15BrN2OS. The van der Waals surface area contributed by atoms with Crippen molar-refractivity contribution in [3.8, 4) is 0 Å². The number of carbonyl (C=O) groups excluding carboxylic acids is 1. The smallest absolute Gasteiger partial charge is 0.252 e. The molecule has 2 unspecified atom stereocenters. The van der Waals surface area contributed by atoms with Gasteiger partial charge in [-0.15, -0.1) is 0 Å². The normalized spacial score (nSPS) is 22.7. The van der Waals surface area contributed by atoms with E-state index in [1.54, 1.807) is 6.07 Å². The Morgan fingerprint density at radius 2 is 2.11 bits per heavy atom. The van der Waals surface area contributed by atoms with Gasteiger partial charge in [-0.1, -0.05) is 30.8 Å². The van der Waals surface area contributed by atoms with Crippen molar-refractivity contribution in [3.63, 3.8) is 0 Å². The number of halogens is 1. The van der Waals surface area contributed by atoms with Gasteiger partial charge in [-0.25, -0.2) is 0 Å². The molecule has 3 nitrogen and oxygen atoms in total. The van der Waals surface area contributed by atoms with Crippen molar-refractivity contribution in [1.82, 2.24) is 5.32 Å². The first-order valence-corrected chi connectivity index (χ1v) is 7.14. The summed E-state index contributed by atoms with van der Waals surface area (Å²) in [7, 11) is 0. The number of rotatable bonds is 3. The monoisotopic (exact) mass is 326 g/mol. The molecule has 1 aliphatic rings. The zero-order valence-electron chi connectivity index (χ0n) is 9.86. The van der Waals surface area contributed by atoms with Gasteiger partial charge in [0.05, 0.1) is 10.6 Å². The minimum atomic E-state index is -0.0735. The van der Waals surface area contributed by atoms with Crippen molar-refractivity contribution in [2.45, 2.75) is 25.3 Å². The Bertz CT molecular complexity index is 478. The Kier molecular flexibility index (Phi) is 4.35. The van der Waals surface area contributed by atoms with Crippen molar-refractivity contribution in [1.29, 1.82) is 0 Å². The summed E-state index contributed by atoms with van der Waals surface area (Å²) in [5.41, 5.74) is 6.35. The van der Waals surface area contributed by atoms with Crippen molar-refractivity contribution >= 4 is 39.0 Å². The van der Waals surface area contributed by atoms with E-state index in [1.165, 1.54) is 0 Å². The third-order valence-electron chi connectivity index (χ3n) is 3.32. The lowest BCUT2D eigenvalue weighted by molar-refractivity contribution is 0.0933. The van der Waals surface area contributed by atoms with Crippen molar-refractivity contribution in [2.75, 3.05) is 0 Å². The molecule has 1 aromatic carbocycles. The van der Waals surface area contributed by atoms with Crippen LogP contribution in [0.1, 0.15) is 29.6 Å². The van der Waals surface area contributed by atoms with Crippen LogP contribution in [0.4, 0.5) is 0 Å². The van der Waals surface area contributed by atoms with Crippen LogP contribution >= 0.6 is 28.1 Å². The fourth-order valence-electron chi connectivity index (χ4n) is 2.36. The summed E-state index contributed by atoms with van der Waals surface area (Å²) in [5, 5.41) is 3.03. The predicted molar refractivity (Wildman–Crippen MR) is 79.5 cm³/mol. The highest BCUT2D eigenvalue weighted by molar-refractivity contribution is 9.10. The molecule has 3 N–H and O–H groups in total. The molecule has 1 amide bonds. The van der Waals surface area contributed by atoms with Crippen LogP contribution in [0.15, 0.2) is 28.7 Å². The number of nitrogens with two attached hydrogens (primary N) is 1. The number of amides is 1. The van der Waals surface area contributed by atoms with Gasteiger partial charge in [0.1, 0.15) is 0 Å². The quantitative estimate of drug-likeness (QED) is 0.839. The molecule has 0 aliphatic heterocycles. The molecule has 2 rings (SSSR count). The van der Waals surface area contributed by atoms with Gasteiger partial charge in [-0.05, 0) is 40.9 Å². The van der Waals surface area contributed by atoms with E-state index in [4.69, 9.17) is 18.0 Å². The zero-order chi connectivity index (χ0) is 13.1. The molecule has 0 aromatic heterocycles. The van der Waals surface area contributed by atoms with Crippen LogP contribution in [-0.2, 0) is 0 Å². The summed E-state index contributed by atoms with van der Waals surface area (Å²) in [6, 6.07) is 7.45. The number of benzene rings is 1. The highest BCUT2D eigenvalue weighted by Gasteiger charge is 2.30. The number of hydrogen-bond acceptors (Lipinski definition) is 2. The first-order valence-electron chi connectivity index (χ1n) is 5.94. The molecule has 0 radical (unpaired) electrons. The summed E-state index contributed by atoms with van der Waals surface area (Å²) < 4.78 is 0.798. The van der Waals surface area contributed by atoms with Gasteiger partial charge < -0.3 is 11.1 Å². The Hall–Kier alpha value is -0.940. The van der Waals surface area contributed by atoms with Crippen molar-refractivity contribution in [3.05, 3.63) is 34.3 Å². The standard InChI is InChI=1S/C13H15BrN2OS/c14-10-6-2-1-4-8(10)13(17)16-11-7-3-5-9(11)12(15)18/h1-2,4,6,9,11H,3,5,7H2,(H2,15,18)(H,16,17). The van der Waals surface area contributed by atoms with E-state index in [0.717, 1.165) is 23.7 Å². The van der Waals surface area contributed by atoms with E-state index in [-0.39, 0.29) is 17.9 Å². The predicted octanol–water partition coefficient (Wildman–Crippen LogP) is 2.63. The molecule has 5 heteroatoms. The van der Waals surface area contributed by atoms with Gasteiger partial charge in [0.2, 0.25) is 0 Å². The van der Waals surface area contributed by atoms with E-state index in [9.17, 15) is 4.79 Å². The van der Waals surface area contributed by atoms with Crippen LogP contribution in [0.3, 0.4) is 0 Å². The van der Waals surface area contributed by atoms with E-state index in [2.05, 4.69) is 21.2 Å². The molecule has 1 fully saturated rings. The maximum atomic E-state index is 12.2. The average molecular weight is 327 g/mol. The summed E-state index contributed by atoms with van der Waals surface area (Å²) in [4.78, 5) is 12.7. The minimum absolute atomic E-state index is 0.0714. The van der Waals surface area contributed by atoms with Crippen LogP contribution in [0.25, 0.3) is 0 Å². The number of carbonyl (C=O) groups is 1. The molecule has 0 spiro atoms. The largest absolute Gasteiger partial charge is 0.393 e. The Labute approximate surface area is 120 Å². The van der Waals surface area contributed by atoms with Gasteiger partial charge in [-0.3, -0.25) is 4.79 Å². The summed E-state index contributed by atoms with van der Waals surface area (Å²) in [5.74, 6) is 0.0575. The minimum Gasteiger partial charge on any atom is -0.393 e. The second kappa shape index (κ2) is 5.80. The highest BCUT2D eigenvalue weighted by Crippen LogP contribution is 2.26. The first-order chi connectivity index (χ1) is 8.59. The second-order valence-electron chi connectivity index (χ2n) is 4.50. The fourth-order valence-corrected chi connectivity index (χ4v) is 3.11. The number of hydrogen-bond donors (Lipinski definition) is 2. The van der Waals surface area contributed by atoms with Crippen LogP contribution in [0.2, 0.25) is 0 Å². The van der Waals surface area contributed by atoms with Gasteiger partial charge >= 0.3 is 0 Å². The van der Waals surface area contributed by atoms with Gasteiger partial charge in [-0.2, -0.15) is 0 Å². The zero-order valence-corrected chi connectivity index (χ0v) is 12.3. The van der Waals surface area contributed by atoms with E-state index < -0.39 is 0 Å². The highest BCUT2D eigenvalue weighted by atomic mass is 79.9. The van der Waals surface area contributed by atoms with Crippen molar-refractivity contribution < 1.29 is 4.79 Å². The topological polar surface area (TPSA) is 55.1 Å². The van der Waals surface area contributed by atoms with E-state index >= 15 is 0 Å². The summed E-state index contributed by atoms with van der Waals surface area (Å²) in [6.07, 6.45) is 2.97. The van der Waals surface area contributed by atoms with Crippen LogP contribution < -0.4 is 11.1 Å². The molecule has 2 atom stereocenters. The Balaban J connectivity index is 2.08. The maximum Gasteiger partial charge on any atom is 0.252 e. The van der Waals surface area contributed by atoms with E-state index in [0.29, 0.717) is 10.6 Å². The lowest BCUT2D eigenvalue weighted by atomic mass is 10.0. The van der Waals surface area contributed by atoms with Gasteiger partial charge in [0.15, 0.2) is 0 Å². The lowest BCUT2D eigenvalue weighted by Gasteiger charge is -2.20. The fraction of sp³-hybridized carbons (Fsp3) is 0.385. The summed E-state index contributed by atoms with van der Waals surface area (Å²) in [6.45, 7) is 0. The molecule has 96 valence electrons. The SMILES string of the molecule is NC(=S)C1CCCC1NC(=O)c1ccccc1Br. The average Bonchev–Trinajstić information content (AvgIpc) is 2.77. The van der Waals surface area contributed by atoms with Crippen LogP contribution in [0, 0.1) is 5.92 Å². The van der Waals surface area contributed by atoms with Crippen LogP contribution in [0.5, 0.6) is 0 Å². The first kappa shape index (κ1) is 13.5. The maximum absolute atomic E-state index is 12.2. The molecule has 0 heterocycles. The Morgan fingerprint density at radius 3 is 2.78 bits per heavy atom. The third kappa shape index (κ3) is 2.90. The van der Waals surface area contributed by atoms with Gasteiger partial charge in [0, 0.05) is 16.4 Å². The molecule has 1 aromatic rings. The van der Waals surface area contributed by atoms with Crippen LogP contribution in [-0.4, -0.2) is 16.9 Å². The number of thiocarbonyl (C=S) groups is 1. The molecule has 0 bridgehead atoms. The Morgan fingerprint density at radius 1 is 1.39 bits per heavy atom. The second-order valence-corrected chi connectivity index (χ2v) is 5.83. The lowest BCUT2D eigenvalue weighted by Crippen LogP contribution is -2.41. The molecule has 18 heavy (non-hydrogen) atoms. The summed E-state index contributed by atoms with van der Waals surface area (Å²) >= 11 is 8.42.